The van der Waals surface area contributed by atoms with Gasteiger partial charge in [-0.2, -0.15) is 0 Å². The molecular formula is C22H27N5O3S. The van der Waals surface area contributed by atoms with Crippen LogP contribution in [0.2, 0.25) is 0 Å². The lowest BCUT2D eigenvalue weighted by Crippen LogP contribution is -2.42. The summed E-state index contributed by atoms with van der Waals surface area (Å²) in [6, 6.07) is 7.15. The topological polar surface area (TPSA) is 89.2 Å². The number of amides is 1. The van der Waals surface area contributed by atoms with Gasteiger partial charge < -0.3 is 10.2 Å². The van der Waals surface area contributed by atoms with E-state index in [0.717, 1.165) is 36.6 Å². The summed E-state index contributed by atoms with van der Waals surface area (Å²) in [6.07, 6.45) is 3.35. The Bertz CT molecular complexity index is 1230. The molecule has 0 aliphatic carbocycles. The highest BCUT2D eigenvalue weighted by Gasteiger charge is 2.23. The van der Waals surface area contributed by atoms with Crippen LogP contribution in [0.3, 0.4) is 0 Å². The van der Waals surface area contributed by atoms with Crippen LogP contribution in [0, 0.1) is 6.92 Å². The number of fused-ring (bicyclic) bond motifs is 1. The molecule has 1 aromatic carbocycles. The fourth-order valence-electron chi connectivity index (χ4n) is 3.93. The minimum absolute atomic E-state index is 0.209. The van der Waals surface area contributed by atoms with Crippen LogP contribution in [0.4, 0.5) is 10.8 Å². The predicted molar refractivity (Wildman–Crippen MR) is 124 cm³/mol. The van der Waals surface area contributed by atoms with E-state index in [4.69, 9.17) is 0 Å². The third-order valence-corrected chi connectivity index (χ3v) is 6.54. The normalized spacial score (nSPS) is 14.4. The molecule has 4 rings (SSSR count). The summed E-state index contributed by atoms with van der Waals surface area (Å²) in [6.45, 7) is 7.09. The van der Waals surface area contributed by atoms with Crippen molar-refractivity contribution in [1.82, 2.24) is 14.1 Å². The Morgan fingerprint density at radius 1 is 1.19 bits per heavy atom. The third kappa shape index (κ3) is 4.27. The van der Waals surface area contributed by atoms with Gasteiger partial charge in [-0.1, -0.05) is 23.5 Å². The second-order valence-electron chi connectivity index (χ2n) is 8.25. The number of thiazole rings is 1. The summed E-state index contributed by atoms with van der Waals surface area (Å²) in [5, 5.41) is 3.57. The number of nitrogens with zero attached hydrogens (tertiary/aromatic N) is 4. The van der Waals surface area contributed by atoms with Crippen LogP contribution in [0.15, 0.2) is 33.9 Å². The van der Waals surface area contributed by atoms with Crippen LogP contribution in [-0.2, 0) is 11.3 Å². The molecule has 0 saturated carbocycles. The van der Waals surface area contributed by atoms with Gasteiger partial charge in [0, 0.05) is 24.8 Å². The van der Waals surface area contributed by atoms with E-state index in [0.29, 0.717) is 10.4 Å². The second-order valence-corrected chi connectivity index (χ2v) is 9.23. The lowest BCUT2D eigenvalue weighted by atomic mass is 10.1. The number of aryl methyl sites for hydroxylation is 1. The zero-order valence-electron chi connectivity index (χ0n) is 18.1. The monoisotopic (exact) mass is 441 g/mol. The molecule has 0 spiro atoms. The molecule has 3 aromatic rings. The van der Waals surface area contributed by atoms with Crippen molar-refractivity contribution in [3.63, 3.8) is 0 Å². The highest BCUT2D eigenvalue weighted by atomic mass is 32.1. The van der Waals surface area contributed by atoms with Gasteiger partial charge >= 0.3 is 5.69 Å². The van der Waals surface area contributed by atoms with Crippen molar-refractivity contribution in [3.8, 4) is 0 Å². The molecule has 3 heterocycles. The Hall–Kier alpha value is -2.94. The summed E-state index contributed by atoms with van der Waals surface area (Å²) in [5.74, 6) is -0.338. The van der Waals surface area contributed by atoms with E-state index in [1.807, 2.05) is 25.1 Å². The molecule has 0 atom stereocenters. The van der Waals surface area contributed by atoms with E-state index in [9.17, 15) is 14.4 Å². The Kier molecular flexibility index (Phi) is 5.95. The fourth-order valence-corrected chi connectivity index (χ4v) is 4.98. The van der Waals surface area contributed by atoms with Gasteiger partial charge in [0.05, 0.1) is 0 Å². The maximum absolute atomic E-state index is 13.2. The van der Waals surface area contributed by atoms with Crippen molar-refractivity contribution in [2.45, 2.75) is 52.6 Å². The van der Waals surface area contributed by atoms with Crippen LogP contribution in [0.5, 0.6) is 0 Å². The van der Waals surface area contributed by atoms with Crippen molar-refractivity contribution in [2.75, 3.05) is 23.3 Å². The van der Waals surface area contributed by atoms with E-state index in [-0.39, 0.29) is 29.7 Å². The first-order valence-electron chi connectivity index (χ1n) is 10.6. The average Bonchev–Trinajstić information content (AvgIpc) is 3.17. The Balaban J connectivity index is 1.76. The number of carbonyl (C=O) groups excluding carboxylic acids is 1. The molecule has 0 bridgehead atoms. The minimum Gasteiger partial charge on any atom is -0.348 e. The number of hydrogen-bond donors (Lipinski definition) is 1. The molecule has 1 N–H and O–H groups in total. The highest BCUT2D eigenvalue weighted by molar-refractivity contribution is 7.22. The Morgan fingerprint density at radius 2 is 1.94 bits per heavy atom. The van der Waals surface area contributed by atoms with Crippen LogP contribution in [-0.4, -0.2) is 33.1 Å². The predicted octanol–water partition coefficient (Wildman–Crippen LogP) is 3.14. The molecule has 8 nitrogen and oxygen atoms in total. The van der Waals surface area contributed by atoms with Gasteiger partial charge in [0.25, 0.3) is 5.56 Å². The van der Waals surface area contributed by atoms with E-state index in [2.05, 4.69) is 15.2 Å². The quantitative estimate of drug-likeness (QED) is 0.657. The summed E-state index contributed by atoms with van der Waals surface area (Å²) < 4.78 is 2.95. The molecule has 31 heavy (non-hydrogen) atoms. The van der Waals surface area contributed by atoms with E-state index < -0.39 is 5.69 Å². The maximum Gasteiger partial charge on any atom is 0.333 e. The molecule has 164 valence electrons. The first-order chi connectivity index (χ1) is 14.8. The smallest absolute Gasteiger partial charge is 0.333 e. The standard InChI is InChI=1S/C22H27N5O3S/c1-14(2)27-20(29)18-19(24-21(31-18)25-10-5-4-6-11-25)26(22(27)30)13-17(28)23-16-9-7-8-15(3)12-16/h7-9,12,14H,4-6,10-11,13H2,1-3H3,(H,23,28). The van der Waals surface area contributed by atoms with Crippen molar-refractivity contribution >= 4 is 38.4 Å². The zero-order chi connectivity index (χ0) is 22.1. The number of piperidine rings is 1. The van der Waals surface area contributed by atoms with Gasteiger partial charge in [0.15, 0.2) is 10.8 Å². The number of nitrogens with one attached hydrogen (secondary N) is 1. The van der Waals surface area contributed by atoms with Gasteiger partial charge in [-0.15, -0.1) is 0 Å². The molecule has 1 aliphatic heterocycles. The van der Waals surface area contributed by atoms with Crippen LogP contribution in [0.25, 0.3) is 10.3 Å². The molecule has 1 saturated heterocycles. The van der Waals surface area contributed by atoms with E-state index in [1.54, 1.807) is 19.9 Å². The largest absolute Gasteiger partial charge is 0.348 e. The van der Waals surface area contributed by atoms with Crippen molar-refractivity contribution in [3.05, 3.63) is 50.7 Å². The van der Waals surface area contributed by atoms with Crippen LogP contribution < -0.4 is 21.5 Å². The maximum atomic E-state index is 13.2. The fraction of sp³-hybridized carbons (Fsp3) is 0.455. The lowest BCUT2D eigenvalue weighted by molar-refractivity contribution is -0.116. The zero-order valence-corrected chi connectivity index (χ0v) is 18.9. The molecular weight excluding hydrogens is 414 g/mol. The van der Waals surface area contributed by atoms with E-state index in [1.165, 1.54) is 26.9 Å². The average molecular weight is 442 g/mol. The molecule has 0 unspecified atom stereocenters. The van der Waals surface area contributed by atoms with Gasteiger partial charge in [0.2, 0.25) is 5.91 Å². The number of carbonyl (C=O) groups is 1. The van der Waals surface area contributed by atoms with Gasteiger partial charge in [-0.05, 0) is 57.7 Å². The number of hydrogen-bond acceptors (Lipinski definition) is 6. The number of benzene rings is 1. The first kappa shape index (κ1) is 21.3. The van der Waals surface area contributed by atoms with Gasteiger partial charge in [0.1, 0.15) is 11.2 Å². The first-order valence-corrected chi connectivity index (χ1v) is 11.4. The molecule has 2 aromatic heterocycles. The molecule has 9 heteroatoms. The highest BCUT2D eigenvalue weighted by Crippen LogP contribution is 2.28. The molecule has 1 aliphatic rings. The number of aromatic nitrogens is 3. The van der Waals surface area contributed by atoms with Crippen molar-refractivity contribution in [2.24, 2.45) is 0 Å². The number of rotatable bonds is 5. The minimum atomic E-state index is -0.512. The number of anilines is 2. The van der Waals surface area contributed by atoms with Gasteiger partial charge in [-0.3, -0.25) is 18.7 Å². The molecule has 1 fully saturated rings. The van der Waals surface area contributed by atoms with E-state index >= 15 is 0 Å². The summed E-state index contributed by atoms with van der Waals surface area (Å²) in [4.78, 5) is 45.8. The summed E-state index contributed by atoms with van der Waals surface area (Å²) in [5.41, 5.74) is 1.13. The van der Waals surface area contributed by atoms with Crippen molar-refractivity contribution in [1.29, 1.82) is 0 Å². The second kappa shape index (κ2) is 8.66. The lowest BCUT2D eigenvalue weighted by Gasteiger charge is -2.25. The third-order valence-electron chi connectivity index (χ3n) is 5.45. The van der Waals surface area contributed by atoms with Gasteiger partial charge in [-0.25, -0.2) is 9.78 Å². The molecule has 0 radical (unpaired) electrons. The van der Waals surface area contributed by atoms with Crippen molar-refractivity contribution < 1.29 is 4.79 Å². The summed E-state index contributed by atoms with van der Waals surface area (Å²) >= 11 is 1.31. The van der Waals surface area contributed by atoms with Crippen LogP contribution >= 0.6 is 11.3 Å². The molecule has 1 amide bonds. The SMILES string of the molecule is Cc1cccc(NC(=O)Cn2c(=O)n(C(C)C)c(=O)c3sc(N4CCCCC4)nc32)c1. The summed E-state index contributed by atoms with van der Waals surface area (Å²) in [7, 11) is 0. The Morgan fingerprint density at radius 3 is 2.61 bits per heavy atom. The van der Waals surface area contributed by atoms with Crippen LogP contribution in [0.1, 0.15) is 44.7 Å². The Labute approximate surface area is 184 Å².